The van der Waals surface area contributed by atoms with Gasteiger partial charge in [0.15, 0.2) is 0 Å². The van der Waals surface area contributed by atoms with Crippen LogP contribution in [0.25, 0.3) is 0 Å². The molecule has 1 aliphatic heterocycles. The molecule has 1 aliphatic rings. The lowest BCUT2D eigenvalue weighted by Crippen LogP contribution is -2.40. The summed E-state index contributed by atoms with van der Waals surface area (Å²) in [5, 5.41) is 6.21. The van der Waals surface area contributed by atoms with E-state index in [-0.39, 0.29) is 5.91 Å². The maximum absolute atomic E-state index is 12.1. The number of nitrogens with one attached hydrogen (secondary N) is 2. The van der Waals surface area contributed by atoms with Gasteiger partial charge in [0.25, 0.3) is 0 Å². The summed E-state index contributed by atoms with van der Waals surface area (Å²) >= 11 is 5.37. The molecule has 4 heteroatoms. The van der Waals surface area contributed by atoms with Crippen molar-refractivity contribution in [2.24, 2.45) is 5.92 Å². The normalized spacial score (nSPS) is 15.9. The average Bonchev–Trinajstić information content (AvgIpc) is 2.43. The van der Waals surface area contributed by atoms with E-state index in [0.717, 1.165) is 37.1 Å². The Balaban J connectivity index is 1.91. The Kier molecular flexibility index (Phi) is 5.26. The van der Waals surface area contributed by atoms with Crippen LogP contribution in [0.4, 0.5) is 0 Å². The maximum atomic E-state index is 12.1. The lowest BCUT2D eigenvalue weighted by molar-refractivity contribution is -0.119. The first-order valence-corrected chi connectivity index (χ1v) is 7.57. The van der Waals surface area contributed by atoms with Crippen molar-refractivity contribution >= 4 is 23.1 Å². The van der Waals surface area contributed by atoms with Crippen molar-refractivity contribution in [2.75, 3.05) is 13.1 Å². The van der Waals surface area contributed by atoms with Crippen LogP contribution in [0.3, 0.4) is 0 Å². The first-order chi connectivity index (χ1) is 9.56. The molecule has 1 heterocycles. The molecule has 0 radical (unpaired) electrons. The molecule has 0 unspecified atom stereocenters. The molecule has 3 nitrogen and oxygen atoms in total. The number of hydrogen-bond acceptors (Lipinski definition) is 3. The second-order valence-electron chi connectivity index (χ2n) is 5.54. The van der Waals surface area contributed by atoms with E-state index in [4.69, 9.17) is 12.2 Å². The number of amides is 1. The molecule has 1 aromatic carbocycles. The van der Waals surface area contributed by atoms with E-state index < -0.39 is 0 Å². The number of carbonyl (C=O) groups is 1. The quantitative estimate of drug-likeness (QED) is 0.839. The van der Waals surface area contributed by atoms with Crippen LogP contribution in [0.15, 0.2) is 18.2 Å². The lowest BCUT2D eigenvalue weighted by Gasteiger charge is -2.23. The van der Waals surface area contributed by atoms with Crippen LogP contribution in [0.1, 0.15) is 29.5 Å². The van der Waals surface area contributed by atoms with Gasteiger partial charge in [0.1, 0.15) is 0 Å². The summed E-state index contributed by atoms with van der Waals surface area (Å²) in [4.78, 5) is 12.8. The molecule has 0 aliphatic carbocycles. The summed E-state index contributed by atoms with van der Waals surface area (Å²) in [6.07, 6.45) is 2.43. The first-order valence-electron chi connectivity index (χ1n) is 7.17. The molecular formula is C16H22N2OS. The topological polar surface area (TPSA) is 41.1 Å². The summed E-state index contributed by atoms with van der Waals surface area (Å²) < 4.78 is 0. The molecule has 2 rings (SSSR count). The van der Waals surface area contributed by atoms with E-state index in [1.807, 2.05) is 13.8 Å². The molecule has 1 amide bonds. The number of hydrogen-bond donors (Lipinski definition) is 2. The van der Waals surface area contributed by atoms with E-state index in [1.165, 1.54) is 5.56 Å². The lowest BCUT2D eigenvalue weighted by atomic mass is 9.97. The fraction of sp³-hybridized carbons (Fsp3) is 0.500. The molecule has 0 bridgehead atoms. The van der Waals surface area contributed by atoms with Gasteiger partial charge in [0, 0.05) is 5.92 Å². The summed E-state index contributed by atoms with van der Waals surface area (Å²) in [5.41, 5.74) is 3.41. The number of piperidine rings is 1. The summed E-state index contributed by atoms with van der Waals surface area (Å²) in [5.74, 6) is 0.344. The van der Waals surface area contributed by atoms with Gasteiger partial charge in [-0.15, -0.1) is 0 Å². The standard InChI is InChI=1S/C16H22N2OS/c1-11-3-4-12(2)14(9-11)10-15(19)18-16(20)13-5-7-17-8-6-13/h3-4,9,13,17H,5-8,10H2,1-2H3,(H,18,19,20). The minimum Gasteiger partial charge on any atom is -0.320 e. The Labute approximate surface area is 126 Å². The van der Waals surface area contributed by atoms with Crippen LogP contribution in [-0.4, -0.2) is 24.0 Å². The van der Waals surface area contributed by atoms with Crippen LogP contribution in [0.2, 0.25) is 0 Å². The molecule has 1 saturated heterocycles. The second-order valence-corrected chi connectivity index (χ2v) is 5.98. The van der Waals surface area contributed by atoms with Crippen molar-refractivity contribution in [2.45, 2.75) is 33.1 Å². The molecule has 1 aromatic rings. The third-order valence-electron chi connectivity index (χ3n) is 3.83. The van der Waals surface area contributed by atoms with Crippen molar-refractivity contribution in [3.8, 4) is 0 Å². The zero-order chi connectivity index (χ0) is 14.5. The fourth-order valence-electron chi connectivity index (χ4n) is 2.53. The van der Waals surface area contributed by atoms with E-state index in [2.05, 4.69) is 28.8 Å². The number of benzene rings is 1. The predicted octanol–water partition coefficient (Wildman–Crippen LogP) is 2.29. The van der Waals surface area contributed by atoms with Crippen molar-refractivity contribution in [3.63, 3.8) is 0 Å². The van der Waals surface area contributed by atoms with Gasteiger partial charge in [0.2, 0.25) is 5.91 Å². The van der Waals surface area contributed by atoms with Crippen molar-refractivity contribution in [3.05, 3.63) is 34.9 Å². The number of rotatable bonds is 3. The largest absolute Gasteiger partial charge is 0.320 e. The Bertz CT molecular complexity index is 507. The molecule has 0 atom stereocenters. The molecule has 108 valence electrons. The minimum atomic E-state index is 0.00207. The van der Waals surface area contributed by atoms with Crippen LogP contribution in [0.5, 0.6) is 0 Å². The molecule has 2 N–H and O–H groups in total. The number of aryl methyl sites for hydroxylation is 2. The Hall–Kier alpha value is -1.26. The smallest absolute Gasteiger partial charge is 0.229 e. The van der Waals surface area contributed by atoms with Gasteiger partial charge in [-0.1, -0.05) is 36.0 Å². The van der Waals surface area contributed by atoms with Gasteiger partial charge in [-0.05, 0) is 50.9 Å². The van der Waals surface area contributed by atoms with Crippen LogP contribution < -0.4 is 10.6 Å². The molecule has 0 aromatic heterocycles. The molecule has 0 saturated carbocycles. The molecule has 1 fully saturated rings. The summed E-state index contributed by atoms with van der Waals surface area (Å²) in [6.45, 7) is 6.04. The number of thiocarbonyl (C=S) groups is 1. The first kappa shape index (κ1) is 15.1. The Morgan fingerprint density at radius 2 is 2.05 bits per heavy atom. The third kappa shape index (κ3) is 4.12. The highest BCUT2D eigenvalue weighted by molar-refractivity contribution is 7.80. The van der Waals surface area contributed by atoms with Gasteiger partial charge >= 0.3 is 0 Å². The second kappa shape index (κ2) is 6.95. The fourth-order valence-corrected chi connectivity index (χ4v) is 2.88. The van der Waals surface area contributed by atoms with E-state index in [1.54, 1.807) is 0 Å². The van der Waals surface area contributed by atoms with Gasteiger partial charge in [0.05, 0.1) is 11.4 Å². The highest BCUT2D eigenvalue weighted by atomic mass is 32.1. The van der Waals surface area contributed by atoms with Gasteiger partial charge < -0.3 is 10.6 Å². The van der Waals surface area contributed by atoms with Gasteiger partial charge in [-0.2, -0.15) is 0 Å². The summed E-state index contributed by atoms with van der Waals surface area (Å²) in [6, 6.07) is 6.20. The minimum absolute atomic E-state index is 0.00207. The van der Waals surface area contributed by atoms with Crippen molar-refractivity contribution < 1.29 is 4.79 Å². The molecule has 0 spiro atoms. The van der Waals surface area contributed by atoms with Crippen LogP contribution in [0, 0.1) is 19.8 Å². The monoisotopic (exact) mass is 290 g/mol. The zero-order valence-electron chi connectivity index (χ0n) is 12.2. The number of carbonyl (C=O) groups excluding carboxylic acids is 1. The maximum Gasteiger partial charge on any atom is 0.229 e. The van der Waals surface area contributed by atoms with Crippen molar-refractivity contribution in [1.82, 2.24) is 10.6 Å². The molecular weight excluding hydrogens is 268 g/mol. The van der Waals surface area contributed by atoms with Gasteiger partial charge in [-0.3, -0.25) is 4.79 Å². The highest BCUT2D eigenvalue weighted by Gasteiger charge is 2.19. The SMILES string of the molecule is Cc1ccc(C)c(CC(=O)NC(=S)C2CCNCC2)c1. The Morgan fingerprint density at radius 3 is 2.75 bits per heavy atom. The van der Waals surface area contributed by atoms with Crippen LogP contribution >= 0.6 is 12.2 Å². The van der Waals surface area contributed by atoms with Gasteiger partial charge in [-0.25, -0.2) is 0 Å². The van der Waals surface area contributed by atoms with E-state index >= 15 is 0 Å². The zero-order valence-corrected chi connectivity index (χ0v) is 13.0. The van der Waals surface area contributed by atoms with E-state index in [9.17, 15) is 4.79 Å². The summed E-state index contributed by atoms with van der Waals surface area (Å²) in [7, 11) is 0. The molecule has 20 heavy (non-hydrogen) atoms. The third-order valence-corrected chi connectivity index (χ3v) is 4.26. The highest BCUT2D eigenvalue weighted by Crippen LogP contribution is 2.14. The average molecular weight is 290 g/mol. The predicted molar refractivity (Wildman–Crippen MR) is 86.0 cm³/mol. The van der Waals surface area contributed by atoms with Crippen molar-refractivity contribution in [1.29, 1.82) is 0 Å². The van der Waals surface area contributed by atoms with E-state index in [0.29, 0.717) is 17.3 Å². The Morgan fingerprint density at radius 1 is 1.35 bits per heavy atom. The van der Waals surface area contributed by atoms with Crippen LogP contribution in [-0.2, 0) is 11.2 Å².